The monoisotopic (exact) mass is 404 g/mol. The van der Waals surface area contributed by atoms with Gasteiger partial charge in [-0.3, -0.25) is 0 Å². The molecule has 0 saturated carbocycles. The van der Waals surface area contributed by atoms with Gasteiger partial charge in [-0.1, -0.05) is 0 Å². The van der Waals surface area contributed by atoms with Crippen LogP contribution in [0.25, 0.3) is 22.8 Å². The number of benzene rings is 2. The highest BCUT2D eigenvalue weighted by Crippen LogP contribution is 2.28. The van der Waals surface area contributed by atoms with Gasteiger partial charge in [-0.25, -0.2) is 4.98 Å². The number of aryl methyl sites for hydroxylation is 3. The average Bonchev–Trinajstić information content (AvgIpc) is 3.16. The normalized spacial score (nSPS) is 10.9. The van der Waals surface area contributed by atoms with Gasteiger partial charge >= 0.3 is 0 Å². The molecule has 0 unspecified atom stereocenters. The molecule has 0 aliphatic rings. The van der Waals surface area contributed by atoms with Crippen molar-refractivity contribution >= 4 is 28.7 Å². The molecule has 0 spiro atoms. The van der Waals surface area contributed by atoms with Crippen molar-refractivity contribution in [2.75, 3.05) is 5.32 Å². The smallest absolute Gasteiger partial charge is 0.229 e. The Morgan fingerprint density at radius 2 is 1.68 bits per heavy atom. The van der Waals surface area contributed by atoms with Crippen molar-refractivity contribution in [1.82, 2.24) is 14.5 Å². The number of hydrogen-bond acceptors (Lipinski definition) is 5. The topological polar surface area (TPSA) is 90.3 Å². The Bertz CT molecular complexity index is 1370. The summed E-state index contributed by atoms with van der Waals surface area (Å²) in [6.45, 7) is 6.08. The van der Waals surface area contributed by atoms with Crippen LogP contribution >= 0.6 is 0 Å². The van der Waals surface area contributed by atoms with E-state index in [0.29, 0.717) is 11.5 Å². The van der Waals surface area contributed by atoms with E-state index in [4.69, 9.17) is 15.5 Å². The predicted molar refractivity (Wildman–Crippen MR) is 122 cm³/mol. The molecule has 0 aliphatic carbocycles. The fourth-order valence-electron chi connectivity index (χ4n) is 3.76. The quantitative estimate of drug-likeness (QED) is 0.454. The van der Waals surface area contributed by atoms with Crippen LogP contribution in [0.15, 0.2) is 54.7 Å². The van der Waals surface area contributed by atoms with E-state index < -0.39 is 0 Å². The Morgan fingerprint density at radius 3 is 2.32 bits per heavy atom. The first-order chi connectivity index (χ1) is 15.0. The molecule has 2 aromatic heterocycles. The summed E-state index contributed by atoms with van der Waals surface area (Å²) in [6.07, 6.45) is 5.30. The van der Waals surface area contributed by atoms with Crippen molar-refractivity contribution in [3.8, 4) is 17.8 Å². The second-order valence-electron chi connectivity index (χ2n) is 7.34. The molecule has 0 bridgehead atoms. The van der Waals surface area contributed by atoms with Gasteiger partial charge in [0.05, 0.1) is 29.1 Å². The zero-order valence-corrected chi connectivity index (χ0v) is 17.5. The number of nitrogens with zero attached hydrogens (tertiary/aromatic N) is 5. The summed E-state index contributed by atoms with van der Waals surface area (Å²) in [4.78, 5) is 9.38. The van der Waals surface area contributed by atoms with Crippen molar-refractivity contribution in [3.05, 3.63) is 82.7 Å². The minimum Gasteiger partial charge on any atom is -0.324 e. The first-order valence-electron chi connectivity index (χ1n) is 9.81. The van der Waals surface area contributed by atoms with E-state index in [9.17, 15) is 0 Å². The molecule has 6 heteroatoms. The highest BCUT2D eigenvalue weighted by Gasteiger charge is 2.14. The SMILES string of the molecule is Cc1cc(/C=C/C#N)cc(C)c1-n1ccc2c(C)nc(Nc3ccc(C#N)cc3)nc21. The summed E-state index contributed by atoms with van der Waals surface area (Å²) in [5.41, 5.74) is 7.35. The van der Waals surface area contributed by atoms with Crippen LogP contribution in [-0.2, 0) is 0 Å². The van der Waals surface area contributed by atoms with Crippen LogP contribution in [0.5, 0.6) is 0 Å². The van der Waals surface area contributed by atoms with Crippen LogP contribution < -0.4 is 5.32 Å². The molecule has 6 nitrogen and oxygen atoms in total. The number of rotatable bonds is 4. The van der Waals surface area contributed by atoms with Crippen molar-refractivity contribution in [1.29, 1.82) is 10.5 Å². The summed E-state index contributed by atoms with van der Waals surface area (Å²) >= 11 is 0. The third-order valence-electron chi connectivity index (χ3n) is 5.11. The molecule has 0 fully saturated rings. The van der Waals surface area contributed by atoms with Crippen molar-refractivity contribution < 1.29 is 0 Å². The summed E-state index contributed by atoms with van der Waals surface area (Å²) in [5, 5.41) is 22.0. The van der Waals surface area contributed by atoms with E-state index in [1.54, 1.807) is 12.1 Å². The van der Waals surface area contributed by atoms with Crippen LogP contribution in [0.4, 0.5) is 11.6 Å². The van der Waals surface area contributed by atoms with E-state index in [1.165, 1.54) is 6.08 Å². The molecule has 4 rings (SSSR count). The van der Waals surface area contributed by atoms with Crippen LogP contribution in [0, 0.1) is 43.4 Å². The fraction of sp³-hybridized carbons (Fsp3) is 0.120. The molecule has 0 aliphatic heterocycles. The maximum Gasteiger partial charge on any atom is 0.229 e. The highest BCUT2D eigenvalue weighted by molar-refractivity contribution is 5.82. The lowest BCUT2D eigenvalue weighted by molar-refractivity contribution is 1.04. The Morgan fingerprint density at radius 1 is 0.968 bits per heavy atom. The lowest BCUT2D eigenvalue weighted by Crippen LogP contribution is -2.04. The number of fused-ring (bicyclic) bond motifs is 1. The van der Waals surface area contributed by atoms with Crippen molar-refractivity contribution in [3.63, 3.8) is 0 Å². The summed E-state index contributed by atoms with van der Waals surface area (Å²) in [7, 11) is 0. The number of nitrogens with one attached hydrogen (secondary N) is 1. The molecule has 2 heterocycles. The zero-order chi connectivity index (χ0) is 22.0. The molecule has 0 atom stereocenters. The zero-order valence-electron chi connectivity index (χ0n) is 17.5. The largest absolute Gasteiger partial charge is 0.324 e. The molecular weight excluding hydrogens is 384 g/mol. The van der Waals surface area contributed by atoms with Crippen LogP contribution in [0.3, 0.4) is 0 Å². The van der Waals surface area contributed by atoms with Gasteiger partial charge in [0, 0.05) is 23.3 Å². The van der Waals surface area contributed by atoms with Gasteiger partial charge in [0.25, 0.3) is 0 Å². The fourth-order valence-corrected chi connectivity index (χ4v) is 3.76. The van der Waals surface area contributed by atoms with Crippen LogP contribution in [0.1, 0.15) is 27.9 Å². The number of allylic oxidation sites excluding steroid dienone is 1. The number of hydrogen-bond donors (Lipinski definition) is 1. The minimum absolute atomic E-state index is 0.499. The average molecular weight is 404 g/mol. The lowest BCUT2D eigenvalue weighted by atomic mass is 10.0. The van der Waals surface area contributed by atoms with E-state index in [0.717, 1.165) is 44.8 Å². The molecule has 31 heavy (non-hydrogen) atoms. The van der Waals surface area contributed by atoms with Gasteiger partial charge in [-0.05, 0) is 86.0 Å². The highest BCUT2D eigenvalue weighted by atomic mass is 15.1. The van der Waals surface area contributed by atoms with Gasteiger partial charge in [-0.15, -0.1) is 0 Å². The molecule has 4 aromatic rings. The molecule has 0 radical (unpaired) electrons. The number of anilines is 2. The van der Waals surface area contributed by atoms with Gasteiger partial charge in [-0.2, -0.15) is 15.5 Å². The predicted octanol–water partition coefficient (Wildman–Crippen LogP) is 5.50. The number of nitriles is 2. The Balaban J connectivity index is 1.79. The second-order valence-corrected chi connectivity index (χ2v) is 7.34. The molecular formula is C25H20N6. The lowest BCUT2D eigenvalue weighted by Gasteiger charge is -2.14. The van der Waals surface area contributed by atoms with Crippen LogP contribution in [0.2, 0.25) is 0 Å². The van der Waals surface area contributed by atoms with Crippen molar-refractivity contribution in [2.45, 2.75) is 20.8 Å². The minimum atomic E-state index is 0.499. The molecule has 150 valence electrons. The first-order valence-corrected chi connectivity index (χ1v) is 9.81. The molecule has 0 saturated heterocycles. The summed E-state index contributed by atoms with van der Waals surface area (Å²) in [6, 6.07) is 17.5. The van der Waals surface area contributed by atoms with E-state index in [1.807, 2.05) is 43.5 Å². The van der Waals surface area contributed by atoms with Gasteiger partial charge in [0.1, 0.15) is 5.65 Å². The third-order valence-corrected chi connectivity index (χ3v) is 5.11. The summed E-state index contributed by atoms with van der Waals surface area (Å²) < 4.78 is 2.08. The summed E-state index contributed by atoms with van der Waals surface area (Å²) in [5.74, 6) is 0.499. The van der Waals surface area contributed by atoms with E-state index in [-0.39, 0.29) is 0 Å². The second kappa shape index (κ2) is 8.14. The van der Waals surface area contributed by atoms with Crippen LogP contribution in [-0.4, -0.2) is 14.5 Å². The third kappa shape index (κ3) is 3.88. The Labute approximate surface area is 180 Å². The molecule has 1 N–H and O–H groups in total. The standard InChI is InChI=1S/C25H20N6/c1-16-13-20(5-4-11-26)14-17(2)23(16)31-12-10-22-18(3)28-25(30-24(22)31)29-21-8-6-19(15-27)7-9-21/h4-10,12-14H,1-3H3,(H,28,29,30)/b5-4+. The van der Waals surface area contributed by atoms with Gasteiger partial charge in [0.15, 0.2) is 0 Å². The van der Waals surface area contributed by atoms with E-state index in [2.05, 4.69) is 46.9 Å². The molecule has 2 aromatic carbocycles. The van der Waals surface area contributed by atoms with Gasteiger partial charge in [0.2, 0.25) is 5.95 Å². The Kier molecular flexibility index (Phi) is 5.22. The van der Waals surface area contributed by atoms with Crippen molar-refractivity contribution in [2.24, 2.45) is 0 Å². The van der Waals surface area contributed by atoms with E-state index >= 15 is 0 Å². The maximum atomic E-state index is 8.98. The maximum absolute atomic E-state index is 8.98. The Hall–Kier alpha value is -4.42. The van der Waals surface area contributed by atoms with Gasteiger partial charge < -0.3 is 9.88 Å². The number of aromatic nitrogens is 3. The first kappa shape index (κ1) is 19.9. The molecule has 0 amide bonds.